The number of piperidine rings is 1. The van der Waals surface area contributed by atoms with Crippen LogP contribution in [0.1, 0.15) is 12.8 Å². The predicted molar refractivity (Wildman–Crippen MR) is 101 cm³/mol. The van der Waals surface area contributed by atoms with E-state index < -0.39 is 5.76 Å². The van der Waals surface area contributed by atoms with Gasteiger partial charge in [0.25, 0.3) is 0 Å². The zero-order valence-corrected chi connectivity index (χ0v) is 14.5. The SMILES string of the molecule is O=C(C=C1CCN(c2cccc(F)c2)CC1)Nc1ccc2[nH]c(=O)oc2c1. The van der Waals surface area contributed by atoms with E-state index in [0.717, 1.165) is 37.2 Å². The second-order valence-corrected chi connectivity index (χ2v) is 6.48. The average Bonchev–Trinajstić information content (AvgIpc) is 3.01. The van der Waals surface area contributed by atoms with E-state index in [1.54, 1.807) is 30.3 Å². The molecule has 2 N–H and O–H groups in total. The second-order valence-electron chi connectivity index (χ2n) is 6.48. The number of H-pyrrole nitrogens is 1. The van der Waals surface area contributed by atoms with Crippen LogP contribution in [0.15, 0.2) is 63.3 Å². The first-order valence-corrected chi connectivity index (χ1v) is 8.71. The number of aromatic amines is 1. The van der Waals surface area contributed by atoms with Gasteiger partial charge in [0.1, 0.15) is 5.82 Å². The van der Waals surface area contributed by atoms with Crippen molar-refractivity contribution in [1.29, 1.82) is 0 Å². The lowest BCUT2D eigenvalue weighted by Gasteiger charge is -2.30. The third kappa shape index (κ3) is 3.92. The number of hydrogen-bond acceptors (Lipinski definition) is 4. The molecular formula is C20H18FN3O3. The van der Waals surface area contributed by atoms with Gasteiger partial charge in [-0.05, 0) is 43.2 Å². The van der Waals surface area contributed by atoms with Crippen molar-refractivity contribution < 1.29 is 13.6 Å². The molecule has 0 spiro atoms. The van der Waals surface area contributed by atoms with Crippen molar-refractivity contribution in [2.45, 2.75) is 12.8 Å². The van der Waals surface area contributed by atoms with E-state index >= 15 is 0 Å². The van der Waals surface area contributed by atoms with Gasteiger partial charge < -0.3 is 14.6 Å². The molecule has 138 valence electrons. The number of anilines is 2. The number of aromatic nitrogens is 1. The van der Waals surface area contributed by atoms with Gasteiger partial charge in [-0.15, -0.1) is 0 Å². The van der Waals surface area contributed by atoms with E-state index in [1.165, 1.54) is 12.1 Å². The van der Waals surface area contributed by atoms with E-state index in [9.17, 15) is 14.0 Å². The fourth-order valence-corrected chi connectivity index (χ4v) is 3.26. The molecular weight excluding hydrogens is 349 g/mol. The highest BCUT2D eigenvalue weighted by Crippen LogP contribution is 2.23. The van der Waals surface area contributed by atoms with Crippen molar-refractivity contribution in [3.05, 3.63) is 70.5 Å². The normalized spacial score (nSPS) is 14.4. The Balaban J connectivity index is 1.38. The van der Waals surface area contributed by atoms with Gasteiger partial charge in [0.05, 0.1) is 5.52 Å². The number of nitrogens with zero attached hydrogens (tertiary/aromatic N) is 1. The topological polar surface area (TPSA) is 78.3 Å². The number of hydrogen-bond donors (Lipinski definition) is 2. The van der Waals surface area contributed by atoms with Crippen LogP contribution in [-0.4, -0.2) is 24.0 Å². The lowest BCUT2D eigenvalue weighted by molar-refractivity contribution is -0.112. The van der Waals surface area contributed by atoms with E-state index in [2.05, 4.69) is 15.2 Å². The summed E-state index contributed by atoms with van der Waals surface area (Å²) in [7, 11) is 0. The van der Waals surface area contributed by atoms with E-state index in [1.807, 2.05) is 6.07 Å². The van der Waals surface area contributed by atoms with Crippen LogP contribution in [0.25, 0.3) is 11.1 Å². The number of fused-ring (bicyclic) bond motifs is 1. The van der Waals surface area contributed by atoms with Gasteiger partial charge in [-0.3, -0.25) is 9.78 Å². The van der Waals surface area contributed by atoms with Gasteiger partial charge in [-0.1, -0.05) is 11.6 Å². The minimum Gasteiger partial charge on any atom is -0.408 e. The number of halogens is 1. The quantitative estimate of drug-likeness (QED) is 0.695. The monoisotopic (exact) mass is 367 g/mol. The van der Waals surface area contributed by atoms with Crippen molar-refractivity contribution in [2.75, 3.05) is 23.3 Å². The Labute approximate surface area is 154 Å². The van der Waals surface area contributed by atoms with Crippen LogP contribution < -0.4 is 16.0 Å². The highest BCUT2D eigenvalue weighted by atomic mass is 19.1. The number of amides is 1. The standard InChI is InChI=1S/C20H18FN3O3/c21-14-2-1-3-16(11-14)24-8-6-13(7-9-24)10-19(25)22-15-4-5-17-18(12-15)27-20(26)23-17/h1-5,10-12H,6-9H2,(H,22,25)(H,23,26). The van der Waals surface area contributed by atoms with E-state index in [4.69, 9.17) is 4.42 Å². The van der Waals surface area contributed by atoms with Gasteiger partial charge in [0.2, 0.25) is 5.91 Å². The van der Waals surface area contributed by atoms with Crippen LogP contribution in [0, 0.1) is 5.82 Å². The number of carbonyl (C=O) groups is 1. The minimum absolute atomic E-state index is 0.221. The summed E-state index contributed by atoms with van der Waals surface area (Å²) in [4.78, 5) is 28.1. The van der Waals surface area contributed by atoms with Crippen molar-refractivity contribution >= 4 is 28.4 Å². The Hall–Kier alpha value is -3.35. The van der Waals surface area contributed by atoms with Crippen molar-refractivity contribution in [1.82, 2.24) is 4.98 Å². The number of nitrogens with one attached hydrogen (secondary N) is 2. The lowest BCUT2D eigenvalue weighted by Crippen LogP contribution is -2.30. The molecule has 0 saturated carbocycles. The molecule has 0 unspecified atom stereocenters. The van der Waals surface area contributed by atoms with Crippen LogP contribution in [0.5, 0.6) is 0 Å². The van der Waals surface area contributed by atoms with Crippen LogP contribution in [0.3, 0.4) is 0 Å². The summed E-state index contributed by atoms with van der Waals surface area (Å²) >= 11 is 0. The molecule has 1 fully saturated rings. The third-order valence-electron chi connectivity index (χ3n) is 4.60. The molecule has 0 aliphatic carbocycles. The highest BCUT2D eigenvalue weighted by molar-refractivity contribution is 6.00. The maximum atomic E-state index is 13.4. The molecule has 0 atom stereocenters. The first kappa shape index (κ1) is 17.1. The summed E-state index contributed by atoms with van der Waals surface area (Å²) in [6.45, 7) is 1.48. The summed E-state index contributed by atoms with van der Waals surface area (Å²) in [6.07, 6.45) is 3.10. The van der Waals surface area contributed by atoms with Crippen molar-refractivity contribution in [2.24, 2.45) is 0 Å². The molecule has 1 aliphatic heterocycles. The molecule has 4 rings (SSSR count). The van der Waals surface area contributed by atoms with Gasteiger partial charge in [-0.25, -0.2) is 9.18 Å². The van der Waals surface area contributed by atoms with Crippen molar-refractivity contribution in [3.8, 4) is 0 Å². The average molecular weight is 367 g/mol. The zero-order valence-electron chi connectivity index (χ0n) is 14.5. The van der Waals surface area contributed by atoms with Crippen molar-refractivity contribution in [3.63, 3.8) is 0 Å². The number of oxazole rings is 1. The van der Waals surface area contributed by atoms with Crippen LogP contribution in [0.4, 0.5) is 15.8 Å². The molecule has 2 aromatic carbocycles. The summed E-state index contributed by atoms with van der Waals surface area (Å²) in [6, 6.07) is 11.5. The molecule has 1 saturated heterocycles. The number of benzene rings is 2. The smallest absolute Gasteiger partial charge is 0.408 e. The van der Waals surface area contributed by atoms with Gasteiger partial charge in [0, 0.05) is 36.6 Å². The Morgan fingerprint density at radius 3 is 2.78 bits per heavy atom. The van der Waals surface area contributed by atoms with Crippen LogP contribution >= 0.6 is 0 Å². The summed E-state index contributed by atoms with van der Waals surface area (Å²) in [5.74, 6) is -0.995. The lowest BCUT2D eigenvalue weighted by atomic mass is 10.0. The third-order valence-corrected chi connectivity index (χ3v) is 4.60. The maximum absolute atomic E-state index is 13.4. The number of carbonyl (C=O) groups excluding carboxylic acids is 1. The summed E-state index contributed by atoms with van der Waals surface area (Å²) < 4.78 is 18.4. The summed E-state index contributed by atoms with van der Waals surface area (Å²) in [5.41, 5.74) is 3.45. The molecule has 1 aromatic heterocycles. The molecule has 7 heteroatoms. The first-order valence-electron chi connectivity index (χ1n) is 8.71. The van der Waals surface area contributed by atoms with Gasteiger partial charge in [0.15, 0.2) is 5.58 Å². The molecule has 27 heavy (non-hydrogen) atoms. The van der Waals surface area contributed by atoms with Gasteiger partial charge in [-0.2, -0.15) is 0 Å². The molecule has 2 heterocycles. The first-order chi connectivity index (χ1) is 13.1. The molecule has 3 aromatic rings. The second kappa shape index (κ2) is 7.11. The highest BCUT2D eigenvalue weighted by Gasteiger charge is 2.16. The predicted octanol–water partition coefficient (Wildman–Crippen LogP) is 3.43. The van der Waals surface area contributed by atoms with Gasteiger partial charge >= 0.3 is 5.76 Å². The zero-order chi connectivity index (χ0) is 18.8. The fraction of sp³-hybridized carbons (Fsp3) is 0.200. The molecule has 1 amide bonds. The van der Waals surface area contributed by atoms with Crippen LogP contribution in [0.2, 0.25) is 0 Å². The fourth-order valence-electron chi connectivity index (χ4n) is 3.26. The molecule has 6 nitrogen and oxygen atoms in total. The van der Waals surface area contributed by atoms with Crippen LogP contribution in [-0.2, 0) is 4.79 Å². The maximum Gasteiger partial charge on any atom is 0.417 e. The Morgan fingerprint density at radius 2 is 2.00 bits per heavy atom. The Morgan fingerprint density at radius 1 is 1.19 bits per heavy atom. The molecule has 0 bridgehead atoms. The summed E-state index contributed by atoms with van der Waals surface area (Å²) in [5, 5.41) is 2.79. The Bertz CT molecular complexity index is 1070. The Kier molecular flexibility index (Phi) is 4.50. The van der Waals surface area contributed by atoms with E-state index in [0.29, 0.717) is 16.8 Å². The largest absolute Gasteiger partial charge is 0.417 e. The molecule has 0 radical (unpaired) electrons. The minimum atomic E-state index is -0.527. The van der Waals surface area contributed by atoms with E-state index in [-0.39, 0.29) is 11.7 Å². The number of rotatable bonds is 3. The molecule has 1 aliphatic rings.